The first kappa shape index (κ1) is 15.9. The van der Waals surface area contributed by atoms with Gasteiger partial charge < -0.3 is 9.42 Å². The fourth-order valence-corrected chi connectivity index (χ4v) is 3.24. The van der Waals surface area contributed by atoms with E-state index in [0.29, 0.717) is 5.89 Å². The average Bonchev–Trinajstić information content (AvgIpc) is 3.16. The molecule has 0 N–H and O–H groups in total. The molecule has 1 saturated heterocycles. The number of aromatic nitrogens is 6. The standard InChI is InChI=1S/C16H22N8O/c1-3-14-20-13(21-25-14)10-23-5-4-6-24(8-7-23)16-12-9-19-22(2)15(12)17-11-18-16/h9,11H,3-8,10H2,1-2H3. The number of hydrogen-bond acceptors (Lipinski definition) is 8. The van der Waals surface area contributed by atoms with E-state index < -0.39 is 0 Å². The molecule has 0 aromatic carbocycles. The highest BCUT2D eigenvalue weighted by Crippen LogP contribution is 2.23. The van der Waals surface area contributed by atoms with E-state index in [9.17, 15) is 0 Å². The average molecular weight is 342 g/mol. The largest absolute Gasteiger partial charge is 0.355 e. The molecule has 25 heavy (non-hydrogen) atoms. The molecule has 1 fully saturated rings. The summed E-state index contributed by atoms with van der Waals surface area (Å²) in [5.74, 6) is 2.43. The lowest BCUT2D eigenvalue weighted by Crippen LogP contribution is -2.31. The minimum Gasteiger partial charge on any atom is -0.355 e. The number of anilines is 1. The Morgan fingerprint density at radius 1 is 1.16 bits per heavy atom. The van der Waals surface area contributed by atoms with E-state index >= 15 is 0 Å². The van der Waals surface area contributed by atoms with E-state index in [1.165, 1.54) is 0 Å². The number of fused-ring (bicyclic) bond motifs is 1. The molecule has 4 rings (SSSR count). The van der Waals surface area contributed by atoms with Crippen LogP contribution in [0.2, 0.25) is 0 Å². The number of rotatable bonds is 4. The van der Waals surface area contributed by atoms with Gasteiger partial charge in [-0.3, -0.25) is 9.58 Å². The molecule has 0 aliphatic carbocycles. The van der Waals surface area contributed by atoms with Crippen molar-refractivity contribution in [3.05, 3.63) is 24.2 Å². The Morgan fingerprint density at radius 3 is 2.92 bits per heavy atom. The summed E-state index contributed by atoms with van der Waals surface area (Å²) in [4.78, 5) is 17.9. The molecule has 4 heterocycles. The van der Waals surface area contributed by atoms with E-state index in [2.05, 4.69) is 35.0 Å². The van der Waals surface area contributed by atoms with Crippen LogP contribution in [0.5, 0.6) is 0 Å². The van der Waals surface area contributed by atoms with Gasteiger partial charge in [0.2, 0.25) is 5.89 Å². The second-order valence-corrected chi connectivity index (χ2v) is 6.28. The fraction of sp³-hybridized carbons (Fsp3) is 0.562. The highest BCUT2D eigenvalue weighted by atomic mass is 16.5. The summed E-state index contributed by atoms with van der Waals surface area (Å²) in [6.07, 6.45) is 5.30. The summed E-state index contributed by atoms with van der Waals surface area (Å²) in [6.45, 7) is 6.55. The lowest BCUT2D eigenvalue weighted by Gasteiger charge is -2.22. The van der Waals surface area contributed by atoms with Crippen molar-refractivity contribution < 1.29 is 4.52 Å². The molecule has 0 saturated carbocycles. The number of aryl methyl sites for hydroxylation is 2. The highest BCUT2D eigenvalue weighted by molar-refractivity contribution is 5.86. The molecule has 0 radical (unpaired) electrons. The monoisotopic (exact) mass is 342 g/mol. The van der Waals surface area contributed by atoms with Crippen molar-refractivity contribution in [3.8, 4) is 0 Å². The summed E-state index contributed by atoms with van der Waals surface area (Å²) in [7, 11) is 1.90. The first-order chi connectivity index (χ1) is 12.2. The van der Waals surface area contributed by atoms with Crippen LogP contribution >= 0.6 is 0 Å². The van der Waals surface area contributed by atoms with Crippen LogP contribution in [0.3, 0.4) is 0 Å². The lowest BCUT2D eigenvalue weighted by atomic mass is 10.3. The molecule has 132 valence electrons. The molecule has 3 aromatic rings. The van der Waals surface area contributed by atoms with Crippen LogP contribution in [0, 0.1) is 0 Å². The van der Waals surface area contributed by atoms with E-state index in [4.69, 9.17) is 4.52 Å². The molecule has 0 atom stereocenters. The molecule has 0 unspecified atom stereocenters. The maximum Gasteiger partial charge on any atom is 0.226 e. The Labute approximate surface area is 145 Å². The fourth-order valence-electron chi connectivity index (χ4n) is 3.24. The van der Waals surface area contributed by atoms with E-state index in [0.717, 1.165) is 68.2 Å². The van der Waals surface area contributed by atoms with E-state index in [1.807, 2.05) is 20.2 Å². The summed E-state index contributed by atoms with van der Waals surface area (Å²) < 4.78 is 6.99. The van der Waals surface area contributed by atoms with Gasteiger partial charge in [0.15, 0.2) is 11.5 Å². The topological polar surface area (TPSA) is 89.0 Å². The van der Waals surface area contributed by atoms with Gasteiger partial charge in [-0.2, -0.15) is 10.1 Å². The minimum atomic E-state index is 0.700. The van der Waals surface area contributed by atoms with Crippen LogP contribution in [0.4, 0.5) is 5.82 Å². The van der Waals surface area contributed by atoms with Gasteiger partial charge in [-0.15, -0.1) is 0 Å². The van der Waals surface area contributed by atoms with Crippen LogP contribution in [-0.4, -0.2) is 61.0 Å². The molecule has 0 spiro atoms. The van der Waals surface area contributed by atoms with Crippen molar-refractivity contribution in [3.63, 3.8) is 0 Å². The number of hydrogen-bond donors (Lipinski definition) is 0. The van der Waals surface area contributed by atoms with Crippen LogP contribution in [0.1, 0.15) is 25.1 Å². The van der Waals surface area contributed by atoms with Gasteiger partial charge in [0.05, 0.1) is 18.1 Å². The van der Waals surface area contributed by atoms with Crippen molar-refractivity contribution in [2.45, 2.75) is 26.3 Å². The lowest BCUT2D eigenvalue weighted by molar-refractivity contribution is 0.271. The molecule has 0 amide bonds. The predicted octanol–water partition coefficient (Wildman–Crippen LogP) is 1.02. The van der Waals surface area contributed by atoms with Crippen molar-refractivity contribution in [2.75, 3.05) is 31.1 Å². The second kappa shape index (κ2) is 6.75. The molecular weight excluding hydrogens is 320 g/mol. The van der Waals surface area contributed by atoms with Crippen molar-refractivity contribution >= 4 is 16.9 Å². The first-order valence-corrected chi connectivity index (χ1v) is 8.66. The molecular formula is C16H22N8O. The Balaban J connectivity index is 1.47. The summed E-state index contributed by atoms with van der Waals surface area (Å²) >= 11 is 0. The zero-order chi connectivity index (χ0) is 17.2. The molecule has 9 nitrogen and oxygen atoms in total. The van der Waals surface area contributed by atoms with Crippen molar-refractivity contribution in [1.82, 2.24) is 34.8 Å². The second-order valence-electron chi connectivity index (χ2n) is 6.28. The molecule has 1 aliphatic heterocycles. The van der Waals surface area contributed by atoms with Gasteiger partial charge in [0.25, 0.3) is 0 Å². The molecule has 0 bridgehead atoms. The molecule has 9 heteroatoms. The minimum absolute atomic E-state index is 0.700. The van der Waals surface area contributed by atoms with Crippen molar-refractivity contribution in [2.24, 2.45) is 7.05 Å². The van der Waals surface area contributed by atoms with Gasteiger partial charge >= 0.3 is 0 Å². The Bertz CT molecular complexity index is 857. The van der Waals surface area contributed by atoms with Gasteiger partial charge in [0.1, 0.15) is 12.1 Å². The zero-order valence-corrected chi connectivity index (χ0v) is 14.6. The maximum atomic E-state index is 5.20. The van der Waals surface area contributed by atoms with Gasteiger partial charge in [-0.25, -0.2) is 9.97 Å². The Hall–Kier alpha value is -2.55. The smallest absolute Gasteiger partial charge is 0.226 e. The van der Waals surface area contributed by atoms with Crippen LogP contribution in [0.25, 0.3) is 11.0 Å². The highest BCUT2D eigenvalue weighted by Gasteiger charge is 2.20. The zero-order valence-electron chi connectivity index (χ0n) is 14.6. The van der Waals surface area contributed by atoms with Gasteiger partial charge in [-0.05, 0) is 6.42 Å². The van der Waals surface area contributed by atoms with E-state index in [-0.39, 0.29) is 0 Å². The third kappa shape index (κ3) is 3.19. The van der Waals surface area contributed by atoms with Gasteiger partial charge in [0, 0.05) is 39.6 Å². The Morgan fingerprint density at radius 2 is 2.08 bits per heavy atom. The number of nitrogens with zero attached hydrogens (tertiary/aromatic N) is 8. The third-order valence-corrected chi connectivity index (χ3v) is 4.57. The molecule has 1 aliphatic rings. The summed E-state index contributed by atoms with van der Waals surface area (Å²) in [5.41, 5.74) is 0.866. The predicted molar refractivity (Wildman–Crippen MR) is 92.1 cm³/mol. The summed E-state index contributed by atoms with van der Waals surface area (Å²) in [6, 6.07) is 0. The van der Waals surface area contributed by atoms with Gasteiger partial charge in [-0.1, -0.05) is 12.1 Å². The van der Waals surface area contributed by atoms with E-state index in [1.54, 1.807) is 11.0 Å². The van der Waals surface area contributed by atoms with Crippen LogP contribution in [-0.2, 0) is 20.0 Å². The Kier molecular flexibility index (Phi) is 4.31. The molecule has 3 aromatic heterocycles. The third-order valence-electron chi connectivity index (χ3n) is 4.57. The SMILES string of the molecule is CCc1nc(CN2CCCN(c3ncnc4c3cnn4C)CC2)no1. The van der Waals surface area contributed by atoms with Crippen molar-refractivity contribution in [1.29, 1.82) is 0 Å². The first-order valence-electron chi connectivity index (χ1n) is 8.66. The maximum absolute atomic E-state index is 5.20. The van der Waals surface area contributed by atoms with Crippen LogP contribution in [0.15, 0.2) is 17.0 Å². The quantitative estimate of drug-likeness (QED) is 0.694. The summed E-state index contributed by atoms with van der Waals surface area (Å²) in [5, 5.41) is 9.37. The van der Waals surface area contributed by atoms with Crippen LogP contribution < -0.4 is 4.90 Å². The normalized spacial score (nSPS) is 16.5.